The summed E-state index contributed by atoms with van der Waals surface area (Å²) in [6, 6.07) is 0. The largest absolute Gasteiger partial charge is 0.378 e. The Morgan fingerprint density at radius 2 is 1.67 bits per heavy atom. The fourth-order valence-corrected chi connectivity index (χ4v) is 1.68. The van der Waals surface area contributed by atoms with Crippen molar-refractivity contribution in [2.45, 2.75) is 72.3 Å². The summed E-state index contributed by atoms with van der Waals surface area (Å²) in [7, 11) is 0. The minimum absolute atomic E-state index is 0.250. The van der Waals surface area contributed by atoms with Gasteiger partial charge in [0.15, 0.2) is 0 Å². The number of unbranched alkanes of at least 4 members (excludes halogenated alkanes) is 2. The number of ether oxygens (including phenoxy) is 1. The highest BCUT2D eigenvalue weighted by atomic mass is 16.5. The summed E-state index contributed by atoms with van der Waals surface area (Å²) < 4.78 is 5.57. The molecule has 18 heavy (non-hydrogen) atoms. The highest BCUT2D eigenvalue weighted by Gasteiger charge is 2.12. The van der Waals surface area contributed by atoms with E-state index in [4.69, 9.17) is 4.74 Å². The molecule has 1 amide bonds. The number of rotatable bonds is 11. The van der Waals surface area contributed by atoms with E-state index >= 15 is 0 Å². The summed E-state index contributed by atoms with van der Waals surface area (Å²) in [6.45, 7) is 10.8. The lowest BCUT2D eigenvalue weighted by Crippen LogP contribution is -2.33. The first-order valence-corrected chi connectivity index (χ1v) is 7.55. The quantitative estimate of drug-likeness (QED) is 0.566. The molecule has 0 spiro atoms. The Kier molecular flexibility index (Phi) is 11.2. The van der Waals surface area contributed by atoms with Gasteiger partial charge in [0.05, 0.1) is 19.1 Å². The smallest absolute Gasteiger partial charge is 0.224 e. The molecular weight excluding hydrogens is 226 g/mol. The van der Waals surface area contributed by atoms with Crippen LogP contribution in [0.2, 0.25) is 0 Å². The Labute approximate surface area is 113 Å². The first-order valence-electron chi connectivity index (χ1n) is 7.55. The molecule has 0 aliphatic heterocycles. The van der Waals surface area contributed by atoms with Crippen LogP contribution in [0.15, 0.2) is 0 Å². The molecule has 0 radical (unpaired) electrons. The number of amides is 1. The van der Waals surface area contributed by atoms with Crippen molar-refractivity contribution < 1.29 is 9.53 Å². The minimum Gasteiger partial charge on any atom is -0.378 e. The summed E-state index contributed by atoms with van der Waals surface area (Å²) in [6.07, 6.45) is 6.26. The molecule has 0 saturated carbocycles. The number of hydrogen-bond donors (Lipinski definition) is 0. The predicted octanol–water partition coefficient (Wildman–Crippen LogP) is 3.62. The highest BCUT2D eigenvalue weighted by Crippen LogP contribution is 2.04. The van der Waals surface area contributed by atoms with Gasteiger partial charge in [-0.25, -0.2) is 0 Å². The van der Waals surface area contributed by atoms with E-state index in [1.165, 1.54) is 0 Å². The molecule has 0 aromatic heterocycles. The van der Waals surface area contributed by atoms with Crippen LogP contribution in [0.4, 0.5) is 0 Å². The molecule has 1 atom stereocenters. The van der Waals surface area contributed by atoms with Gasteiger partial charge in [0.25, 0.3) is 0 Å². The third-order valence-electron chi connectivity index (χ3n) is 3.21. The molecular formula is C15H31NO2. The van der Waals surface area contributed by atoms with Crippen molar-refractivity contribution >= 4 is 5.91 Å². The minimum atomic E-state index is 0.250. The maximum Gasteiger partial charge on any atom is 0.224 e. The lowest BCUT2D eigenvalue weighted by molar-refractivity contribution is -0.132. The third-order valence-corrected chi connectivity index (χ3v) is 3.21. The zero-order chi connectivity index (χ0) is 13.8. The molecule has 0 aliphatic carbocycles. The van der Waals surface area contributed by atoms with Crippen molar-refractivity contribution in [3.8, 4) is 0 Å². The Hall–Kier alpha value is -0.570. The van der Waals surface area contributed by atoms with Crippen molar-refractivity contribution in [2.75, 3.05) is 19.7 Å². The van der Waals surface area contributed by atoms with Crippen LogP contribution in [0, 0.1) is 0 Å². The standard InChI is InChI=1S/C15H31NO2/c1-5-8-11-16(12-9-6-2)15(17)10-13-18-14(4)7-3/h14H,5-13H2,1-4H3. The fourth-order valence-electron chi connectivity index (χ4n) is 1.68. The summed E-state index contributed by atoms with van der Waals surface area (Å²) in [5, 5.41) is 0. The zero-order valence-corrected chi connectivity index (χ0v) is 12.7. The van der Waals surface area contributed by atoms with Crippen molar-refractivity contribution in [2.24, 2.45) is 0 Å². The number of hydrogen-bond acceptors (Lipinski definition) is 2. The van der Waals surface area contributed by atoms with Gasteiger partial charge in [-0.1, -0.05) is 33.6 Å². The van der Waals surface area contributed by atoms with E-state index in [9.17, 15) is 4.79 Å². The van der Waals surface area contributed by atoms with Gasteiger partial charge in [-0.05, 0) is 26.2 Å². The van der Waals surface area contributed by atoms with Crippen LogP contribution in [-0.2, 0) is 9.53 Å². The monoisotopic (exact) mass is 257 g/mol. The topological polar surface area (TPSA) is 29.5 Å². The maximum atomic E-state index is 12.1. The Morgan fingerprint density at radius 1 is 1.11 bits per heavy atom. The molecule has 0 rings (SSSR count). The maximum absolute atomic E-state index is 12.1. The number of nitrogens with zero attached hydrogens (tertiary/aromatic N) is 1. The van der Waals surface area contributed by atoms with E-state index in [0.717, 1.165) is 45.2 Å². The van der Waals surface area contributed by atoms with Gasteiger partial charge in [0, 0.05) is 13.1 Å². The molecule has 0 N–H and O–H groups in total. The van der Waals surface area contributed by atoms with E-state index in [0.29, 0.717) is 13.0 Å². The molecule has 0 fully saturated rings. The number of carbonyl (C=O) groups is 1. The molecule has 3 nitrogen and oxygen atoms in total. The Bertz CT molecular complexity index is 199. The van der Waals surface area contributed by atoms with E-state index in [1.807, 2.05) is 4.90 Å². The van der Waals surface area contributed by atoms with Crippen LogP contribution in [0.1, 0.15) is 66.2 Å². The second-order valence-corrected chi connectivity index (χ2v) is 4.93. The predicted molar refractivity (Wildman–Crippen MR) is 76.7 cm³/mol. The van der Waals surface area contributed by atoms with E-state index < -0.39 is 0 Å². The van der Waals surface area contributed by atoms with E-state index in [2.05, 4.69) is 27.7 Å². The molecule has 3 heteroatoms. The Balaban J connectivity index is 3.95. The van der Waals surface area contributed by atoms with Gasteiger partial charge < -0.3 is 9.64 Å². The molecule has 1 unspecified atom stereocenters. The van der Waals surface area contributed by atoms with Crippen LogP contribution in [-0.4, -0.2) is 36.6 Å². The second kappa shape index (κ2) is 11.5. The van der Waals surface area contributed by atoms with Crippen molar-refractivity contribution in [3.63, 3.8) is 0 Å². The lowest BCUT2D eigenvalue weighted by atomic mass is 10.2. The van der Waals surface area contributed by atoms with Gasteiger partial charge >= 0.3 is 0 Å². The normalized spacial score (nSPS) is 12.4. The summed E-state index contributed by atoms with van der Waals surface area (Å²) in [5.41, 5.74) is 0. The average Bonchev–Trinajstić information content (AvgIpc) is 2.38. The van der Waals surface area contributed by atoms with Crippen LogP contribution in [0.5, 0.6) is 0 Å². The highest BCUT2D eigenvalue weighted by molar-refractivity contribution is 5.76. The van der Waals surface area contributed by atoms with Crippen LogP contribution < -0.4 is 0 Å². The van der Waals surface area contributed by atoms with Gasteiger partial charge in [0.1, 0.15) is 0 Å². The molecule has 108 valence electrons. The number of carbonyl (C=O) groups excluding carboxylic acids is 1. The molecule has 0 heterocycles. The van der Waals surface area contributed by atoms with Gasteiger partial charge in [-0.3, -0.25) is 4.79 Å². The van der Waals surface area contributed by atoms with Gasteiger partial charge in [0.2, 0.25) is 5.91 Å². The van der Waals surface area contributed by atoms with Gasteiger partial charge in [-0.2, -0.15) is 0 Å². The molecule has 0 saturated heterocycles. The summed E-state index contributed by atoms with van der Waals surface area (Å²) in [5.74, 6) is 0.250. The van der Waals surface area contributed by atoms with Crippen LogP contribution in [0.3, 0.4) is 0 Å². The fraction of sp³-hybridized carbons (Fsp3) is 0.933. The SMILES string of the molecule is CCCCN(CCCC)C(=O)CCOC(C)CC. The van der Waals surface area contributed by atoms with Crippen molar-refractivity contribution in [1.29, 1.82) is 0 Å². The molecule has 0 bridgehead atoms. The second-order valence-electron chi connectivity index (χ2n) is 4.93. The first-order chi connectivity index (χ1) is 8.65. The van der Waals surface area contributed by atoms with Crippen molar-refractivity contribution in [1.82, 2.24) is 4.90 Å². The summed E-state index contributed by atoms with van der Waals surface area (Å²) >= 11 is 0. The van der Waals surface area contributed by atoms with Crippen LogP contribution in [0.25, 0.3) is 0 Å². The lowest BCUT2D eigenvalue weighted by Gasteiger charge is -2.22. The average molecular weight is 257 g/mol. The molecule has 0 aromatic rings. The summed E-state index contributed by atoms with van der Waals surface area (Å²) in [4.78, 5) is 14.1. The zero-order valence-electron chi connectivity index (χ0n) is 12.7. The Morgan fingerprint density at radius 3 is 2.11 bits per heavy atom. The van der Waals surface area contributed by atoms with Crippen molar-refractivity contribution in [3.05, 3.63) is 0 Å². The third kappa shape index (κ3) is 8.51. The van der Waals surface area contributed by atoms with E-state index in [1.54, 1.807) is 0 Å². The van der Waals surface area contributed by atoms with E-state index in [-0.39, 0.29) is 12.0 Å². The molecule has 0 aromatic carbocycles. The molecule has 0 aliphatic rings. The van der Waals surface area contributed by atoms with Crippen LogP contribution >= 0.6 is 0 Å². The van der Waals surface area contributed by atoms with Gasteiger partial charge in [-0.15, -0.1) is 0 Å². The first kappa shape index (κ1) is 17.4.